The third kappa shape index (κ3) is 2.79. The Kier molecular flexibility index (Phi) is 3.81. The second-order valence-corrected chi connectivity index (χ2v) is 4.03. The molecule has 2 aromatic rings. The van der Waals surface area contributed by atoms with Gasteiger partial charge in [0.2, 0.25) is 0 Å². The maximum atomic E-state index is 13.6. The Morgan fingerprint density at radius 2 is 1.89 bits per heavy atom. The second-order valence-electron chi connectivity index (χ2n) is 3.60. The predicted molar refractivity (Wildman–Crippen MR) is 67.1 cm³/mol. The maximum Gasteiger partial charge on any atom is 0.165 e. The number of rotatable bonds is 3. The van der Waals surface area contributed by atoms with Gasteiger partial charge in [-0.3, -0.25) is 0 Å². The van der Waals surface area contributed by atoms with Gasteiger partial charge in [0.15, 0.2) is 11.6 Å². The molecule has 0 aliphatic heterocycles. The molecular formula is C14H9ClFNO. The molecule has 2 rings (SSSR count). The van der Waals surface area contributed by atoms with Crippen LogP contribution in [-0.2, 0) is 0 Å². The van der Waals surface area contributed by atoms with Crippen molar-refractivity contribution in [2.24, 2.45) is 0 Å². The van der Waals surface area contributed by atoms with Crippen molar-refractivity contribution in [3.05, 3.63) is 59.9 Å². The van der Waals surface area contributed by atoms with Crippen LogP contribution in [0.4, 0.5) is 4.39 Å². The van der Waals surface area contributed by atoms with Crippen molar-refractivity contribution in [3.8, 4) is 17.6 Å². The summed E-state index contributed by atoms with van der Waals surface area (Å²) < 4.78 is 19.0. The van der Waals surface area contributed by atoms with E-state index in [-0.39, 0.29) is 5.75 Å². The second kappa shape index (κ2) is 5.52. The monoisotopic (exact) mass is 261 g/mol. The highest BCUT2D eigenvalue weighted by Crippen LogP contribution is 2.29. The number of halogens is 2. The summed E-state index contributed by atoms with van der Waals surface area (Å²) in [4.78, 5) is 0. The SMILES string of the molecule is N#CC(Cl)c1ccc(F)c(Oc2ccccc2)c1. The lowest BCUT2D eigenvalue weighted by atomic mass is 10.1. The first-order valence-corrected chi connectivity index (χ1v) is 5.70. The number of alkyl halides is 1. The lowest BCUT2D eigenvalue weighted by Gasteiger charge is -2.09. The summed E-state index contributed by atoms with van der Waals surface area (Å²) in [6, 6.07) is 14.9. The Balaban J connectivity index is 2.30. The minimum Gasteiger partial charge on any atom is -0.454 e. The summed E-state index contributed by atoms with van der Waals surface area (Å²) in [6.07, 6.45) is 0. The van der Waals surface area contributed by atoms with Crippen LogP contribution < -0.4 is 4.74 Å². The van der Waals surface area contributed by atoms with Gasteiger partial charge in [0.05, 0.1) is 6.07 Å². The van der Waals surface area contributed by atoms with Gasteiger partial charge in [-0.1, -0.05) is 24.3 Å². The lowest BCUT2D eigenvalue weighted by Crippen LogP contribution is -1.92. The molecule has 0 aliphatic carbocycles. The molecular weight excluding hydrogens is 253 g/mol. The van der Waals surface area contributed by atoms with Gasteiger partial charge < -0.3 is 4.74 Å². The molecule has 1 atom stereocenters. The van der Waals surface area contributed by atoms with E-state index in [0.29, 0.717) is 11.3 Å². The summed E-state index contributed by atoms with van der Waals surface area (Å²) in [5, 5.41) is 7.91. The number of para-hydroxylation sites is 1. The number of hydrogen-bond donors (Lipinski definition) is 0. The normalized spacial score (nSPS) is 11.6. The van der Waals surface area contributed by atoms with Crippen LogP contribution in [-0.4, -0.2) is 0 Å². The first-order valence-electron chi connectivity index (χ1n) is 5.27. The summed E-state index contributed by atoms with van der Waals surface area (Å²) in [5.41, 5.74) is 0.506. The van der Waals surface area contributed by atoms with Crippen molar-refractivity contribution in [3.63, 3.8) is 0 Å². The standard InChI is InChI=1S/C14H9ClFNO/c15-12(9-17)10-6-7-13(16)14(8-10)18-11-4-2-1-3-5-11/h1-8,12H. The fourth-order valence-corrected chi connectivity index (χ4v) is 1.58. The van der Waals surface area contributed by atoms with Crippen LogP contribution in [0.15, 0.2) is 48.5 Å². The van der Waals surface area contributed by atoms with Gasteiger partial charge >= 0.3 is 0 Å². The Morgan fingerprint density at radius 1 is 1.17 bits per heavy atom. The van der Waals surface area contributed by atoms with E-state index < -0.39 is 11.2 Å². The highest BCUT2D eigenvalue weighted by Gasteiger charge is 2.11. The van der Waals surface area contributed by atoms with Gasteiger partial charge in [0.1, 0.15) is 11.1 Å². The van der Waals surface area contributed by atoms with E-state index >= 15 is 0 Å². The molecule has 2 nitrogen and oxygen atoms in total. The van der Waals surface area contributed by atoms with E-state index in [1.165, 1.54) is 18.2 Å². The first kappa shape index (κ1) is 12.4. The van der Waals surface area contributed by atoms with Crippen LogP contribution in [0.25, 0.3) is 0 Å². The lowest BCUT2D eigenvalue weighted by molar-refractivity contribution is 0.441. The average molecular weight is 262 g/mol. The zero-order valence-electron chi connectivity index (χ0n) is 9.31. The molecule has 18 heavy (non-hydrogen) atoms. The molecule has 0 heterocycles. The van der Waals surface area contributed by atoms with Crippen LogP contribution in [0.1, 0.15) is 10.9 Å². The highest BCUT2D eigenvalue weighted by atomic mass is 35.5. The average Bonchev–Trinajstić information content (AvgIpc) is 2.41. The Hall–Kier alpha value is -2.05. The Labute approximate surface area is 109 Å². The minimum absolute atomic E-state index is 0.0552. The number of nitriles is 1. The van der Waals surface area contributed by atoms with Crippen LogP contribution in [0.5, 0.6) is 11.5 Å². The summed E-state index contributed by atoms with van der Waals surface area (Å²) in [6.45, 7) is 0. The Bertz CT molecular complexity index is 580. The van der Waals surface area contributed by atoms with Crippen LogP contribution in [0.3, 0.4) is 0 Å². The van der Waals surface area contributed by atoms with E-state index in [1.807, 2.05) is 12.1 Å². The van der Waals surface area contributed by atoms with Gasteiger partial charge in [-0.05, 0) is 29.8 Å². The number of nitrogens with zero attached hydrogens (tertiary/aromatic N) is 1. The van der Waals surface area contributed by atoms with Gasteiger partial charge in [0.25, 0.3) is 0 Å². The molecule has 0 spiro atoms. The third-order valence-electron chi connectivity index (χ3n) is 2.33. The predicted octanol–water partition coefficient (Wildman–Crippen LogP) is 4.42. The first-order chi connectivity index (χ1) is 8.70. The van der Waals surface area contributed by atoms with Gasteiger partial charge in [-0.2, -0.15) is 5.26 Å². The van der Waals surface area contributed by atoms with Gasteiger partial charge in [-0.25, -0.2) is 4.39 Å². The molecule has 0 saturated heterocycles. The van der Waals surface area contributed by atoms with Crippen molar-refractivity contribution in [1.82, 2.24) is 0 Å². The van der Waals surface area contributed by atoms with Crippen molar-refractivity contribution < 1.29 is 9.13 Å². The van der Waals surface area contributed by atoms with Gasteiger partial charge in [0, 0.05) is 0 Å². The summed E-state index contributed by atoms with van der Waals surface area (Å²) in [5.74, 6) is 0.0839. The van der Waals surface area contributed by atoms with Crippen LogP contribution in [0.2, 0.25) is 0 Å². The van der Waals surface area contributed by atoms with E-state index in [1.54, 1.807) is 24.3 Å². The van der Waals surface area contributed by atoms with Crippen molar-refractivity contribution in [1.29, 1.82) is 5.26 Å². The molecule has 0 bridgehead atoms. The molecule has 0 radical (unpaired) electrons. The summed E-state index contributed by atoms with van der Waals surface area (Å²) in [7, 11) is 0. The number of hydrogen-bond acceptors (Lipinski definition) is 2. The third-order valence-corrected chi connectivity index (χ3v) is 2.68. The zero-order chi connectivity index (χ0) is 13.0. The molecule has 1 unspecified atom stereocenters. The molecule has 0 aliphatic rings. The fourth-order valence-electron chi connectivity index (χ4n) is 1.45. The molecule has 0 aromatic heterocycles. The molecule has 90 valence electrons. The molecule has 0 fully saturated rings. The zero-order valence-corrected chi connectivity index (χ0v) is 10.1. The van der Waals surface area contributed by atoms with Crippen molar-refractivity contribution in [2.45, 2.75) is 5.38 Å². The molecule has 0 saturated carbocycles. The smallest absolute Gasteiger partial charge is 0.165 e. The highest BCUT2D eigenvalue weighted by molar-refractivity contribution is 6.22. The molecule has 2 aromatic carbocycles. The number of benzene rings is 2. The van der Waals surface area contributed by atoms with Crippen molar-refractivity contribution >= 4 is 11.6 Å². The van der Waals surface area contributed by atoms with Gasteiger partial charge in [-0.15, -0.1) is 11.6 Å². The fraction of sp³-hybridized carbons (Fsp3) is 0.0714. The number of ether oxygens (including phenoxy) is 1. The maximum absolute atomic E-state index is 13.6. The topological polar surface area (TPSA) is 33.0 Å². The summed E-state index contributed by atoms with van der Waals surface area (Å²) >= 11 is 5.78. The van der Waals surface area contributed by atoms with E-state index in [4.69, 9.17) is 21.6 Å². The van der Waals surface area contributed by atoms with E-state index in [2.05, 4.69) is 0 Å². The Morgan fingerprint density at radius 3 is 2.56 bits per heavy atom. The van der Waals surface area contributed by atoms with Crippen LogP contribution >= 0.6 is 11.6 Å². The van der Waals surface area contributed by atoms with Crippen LogP contribution in [0, 0.1) is 17.1 Å². The molecule has 0 amide bonds. The quantitative estimate of drug-likeness (QED) is 0.766. The largest absolute Gasteiger partial charge is 0.454 e. The molecule has 4 heteroatoms. The van der Waals surface area contributed by atoms with Crippen molar-refractivity contribution in [2.75, 3.05) is 0 Å². The molecule has 0 N–H and O–H groups in total. The van der Waals surface area contributed by atoms with E-state index in [0.717, 1.165) is 0 Å². The van der Waals surface area contributed by atoms with E-state index in [9.17, 15) is 4.39 Å². The minimum atomic E-state index is -0.816.